The number of benzene rings is 2. The van der Waals surface area contributed by atoms with Crippen molar-refractivity contribution in [1.82, 2.24) is 10.3 Å². The molecule has 1 heterocycles. The van der Waals surface area contributed by atoms with E-state index in [1.54, 1.807) is 18.0 Å². The van der Waals surface area contributed by atoms with Gasteiger partial charge < -0.3 is 10.6 Å². The lowest BCUT2D eigenvalue weighted by molar-refractivity contribution is -0.115. The predicted molar refractivity (Wildman–Crippen MR) is 102 cm³/mol. The van der Waals surface area contributed by atoms with Crippen LogP contribution in [-0.4, -0.2) is 17.4 Å². The largest absolute Gasteiger partial charge is 0.324 e. The second-order valence-electron chi connectivity index (χ2n) is 5.38. The summed E-state index contributed by atoms with van der Waals surface area (Å²) < 4.78 is 0. The van der Waals surface area contributed by atoms with Crippen molar-refractivity contribution in [3.05, 3.63) is 84.7 Å². The summed E-state index contributed by atoms with van der Waals surface area (Å²) in [6.45, 7) is 0.801. The number of hydrogen-bond acceptors (Lipinski definition) is 4. The van der Waals surface area contributed by atoms with Gasteiger partial charge in [-0.15, -0.1) is 0 Å². The van der Waals surface area contributed by atoms with Crippen LogP contribution >= 0.6 is 11.8 Å². The maximum Gasteiger partial charge on any atom is 0.238 e. The molecule has 2 N–H and O–H groups in total. The lowest BCUT2D eigenvalue weighted by Crippen LogP contribution is -2.28. The topological polar surface area (TPSA) is 54.0 Å². The van der Waals surface area contributed by atoms with Gasteiger partial charge in [-0.1, -0.05) is 48.2 Å². The van der Waals surface area contributed by atoms with Crippen LogP contribution in [-0.2, 0) is 11.3 Å². The molecule has 0 saturated carbocycles. The van der Waals surface area contributed by atoms with Crippen molar-refractivity contribution in [2.24, 2.45) is 0 Å². The fourth-order valence-electron chi connectivity index (χ4n) is 2.28. The van der Waals surface area contributed by atoms with Crippen LogP contribution in [0.4, 0.5) is 5.69 Å². The molecule has 126 valence electrons. The van der Waals surface area contributed by atoms with Crippen LogP contribution in [0, 0.1) is 0 Å². The van der Waals surface area contributed by atoms with Crippen molar-refractivity contribution in [2.75, 3.05) is 11.9 Å². The number of nitrogens with one attached hydrogen (secondary N) is 2. The Kier molecular flexibility index (Phi) is 6.20. The van der Waals surface area contributed by atoms with Crippen molar-refractivity contribution >= 4 is 23.4 Å². The molecule has 4 nitrogen and oxygen atoms in total. The molecule has 0 saturated heterocycles. The van der Waals surface area contributed by atoms with Gasteiger partial charge in [0.2, 0.25) is 5.91 Å². The highest BCUT2D eigenvalue weighted by Crippen LogP contribution is 2.33. The molecule has 3 aromatic rings. The summed E-state index contributed by atoms with van der Waals surface area (Å²) in [5.41, 5.74) is 1.73. The Bertz CT molecular complexity index is 809. The molecule has 0 spiro atoms. The SMILES string of the molecule is O=C(CNCc1ccccn1)Nc1ccccc1Sc1ccccc1. The third kappa shape index (κ3) is 5.45. The van der Waals surface area contributed by atoms with Crippen LogP contribution < -0.4 is 10.6 Å². The number of anilines is 1. The van der Waals surface area contributed by atoms with Crippen molar-refractivity contribution in [3.63, 3.8) is 0 Å². The van der Waals surface area contributed by atoms with Crippen LogP contribution in [0.1, 0.15) is 5.69 Å². The van der Waals surface area contributed by atoms with Gasteiger partial charge in [-0.3, -0.25) is 9.78 Å². The lowest BCUT2D eigenvalue weighted by Gasteiger charge is -2.11. The lowest BCUT2D eigenvalue weighted by atomic mass is 10.3. The van der Waals surface area contributed by atoms with Gasteiger partial charge in [-0.05, 0) is 36.4 Å². The van der Waals surface area contributed by atoms with Gasteiger partial charge >= 0.3 is 0 Å². The number of amides is 1. The Labute approximate surface area is 151 Å². The average molecular weight is 349 g/mol. The second-order valence-corrected chi connectivity index (χ2v) is 6.50. The Morgan fingerprint density at radius 3 is 2.48 bits per heavy atom. The Morgan fingerprint density at radius 1 is 0.920 bits per heavy atom. The molecule has 25 heavy (non-hydrogen) atoms. The van der Waals surface area contributed by atoms with Crippen LogP contribution in [0.25, 0.3) is 0 Å². The van der Waals surface area contributed by atoms with E-state index in [2.05, 4.69) is 27.8 Å². The number of rotatable bonds is 7. The van der Waals surface area contributed by atoms with E-state index < -0.39 is 0 Å². The summed E-state index contributed by atoms with van der Waals surface area (Å²) in [7, 11) is 0. The van der Waals surface area contributed by atoms with Crippen molar-refractivity contribution in [2.45, 2.75) is 16.3 Å². The standard InChI is InChI=1S/C20H19N3OS/c24-20(15-21-14-16-8-6-7-13-22-16)23-18-11-4-5-12-19(18)25-17-9-2-1-3-10-17/h1-13,21H,14-15H2,(H,23,24). The number of pyridine rings is 1. The molecule has 0 fully saturated rings. The number of nitrogens with zero attached hydrogens (tertiary/aromatic N) is 1. The zero-order chi connectivity index (χ0) is 17.3. The average Bonchev–Trinajstić information content (AvgIpc) is 2.65. The molecule has 0 unspecified atom stereocenters. The first kappa shape index (κ1) is 17.2. The number of carbonyl (C=O) groups excluding carboxylic acids is 1. The quantitative estimate of drug-likeness (QED) is 0.678. The predicted octanol–water partition coefficient (Wildman–Crippen LogP) is 3.96. The van der Waals surface area contributed by atoms with Gasteiger partial charge in [0.1, 0.15) is 0 Å². The third-order valence-corrected chi connectivity index (χ3v) is 4.53. The molecule has 3 rings (SSSR count). The monoisotopic (exact) mass is 349 g/mol. The van der Waals surface area contributed by atoms with E-state index in [1.807, 2.05) is 60.7 Å². The summed E-state index contributed by atoms with van der Waals surface area (Å²) >= 11 is 1.63. The normalized spacial score (nSPS) is 10.4. The maximum atomic E-state index is 12.2. The molecule has 0 atom stereocenters. The molecule has 2 aromatic carbocycles. The van der Waals surface area contributed by atoms with Gasteiger partial charge in [0.25, 0.3) is 0 Å². The summed E-state index contributed by atoms with van der Waals surface area (Å²) in [4.78, 5) is 18.6. The first-order valence-corrected chi connectivity index (χ1v) is 8.85. The van der Waals surface area contributed by atoms with Gasteiger partial charge in [0.05, 0.1) is 17.9 Å². The molecule has 5 heteroatoms. The van der Waals surface area contributed by atoms with Crippen LogP contribution in [0.2, 0.25) is 0 Å². The molecule has 0 aliphatic rings. The summed E-state index contributed by atoms with van der Waals surface area (Å²) in [6.07, 6.45) is 1.74. The number of aromatic nitrogens is 1. The summed E-state index contributed by atoms with van der Waals surface area (Å²) in [5, 5.41) is 6.08. The first-order valence-electron chi connectivity index (χ1n) is 8.04. The minimum Gasteiger partial charge on any atom is -0.324 e. The van der Waals surface area contributed by atoms with Crippen molar-refractivity contribution in [1.29, 1.82) is 0 Å². The van der Waals surface area contributed by atoms with Crippen LogP contribution in [0.3, 0.4) is 0 Å². The molecule has 0 aliphatic heterocycles. The smallest absolute Gasteiger partial charge is 0.238 e. The maximum absolute atomic E-state index is 12.2. The van der Waals surface area contributed by atoms with E-state index in [4.69, 9.17) is 0 Å². The van der Waals surface area contributed by atoms with Gasteiger partial charge in [0, 0.05) is 22.5 Å². The molecule has 0 aliphatic carbocycles. The number of para-hydroxylation sites is 1. The fraction of sp³-hybridized carbons (Fsp3) is 0.100. The highest BCUT2D eigenvalue weighted by molar-refractivity contribution is 7.99. The van der Waals surface area contributed by atoms with E-state index in [0.29, 0.717) is 6.54 Å². The van der Waals surface area contributed by atoms with E-state index in [-0.39, 0.29) is 12.5 Å². The van der Waals surface area contributed by atoms with Gasteiger partial charge in [0.15, 0.2) is 0 Å². The van der Waals surface area contributed by atoms with E-state index in [1.165, 1.54) is 0 Å². The molecule has 1 aromatic heterocycles. The highest BCUT2D eigenvalue weighted by Gasteiger charge is 2.07. The Balaban J connectivity index is 1.56. The third-order valence-electron chi connectivity index (χ3n) is 3.45. The number of hydrogen-bond donors (Lipinski definition) is 2. The Morgan fingerprint density at radius 2 is 1.68 bits per heavy atom. The number of carbonyl (C=O) groups is 1. The molecular weight excluding hydrogens is 330 g/mol. The first-order chi connectivity index (χ1) is 12.3. The van der Waals surface area contributed by atoms with Crippen molar-refractivity contribution < 1.29 is 4.79 Å². The summed E-state index contributed by atoms with van der Waals surface area (Å²) in [6, 6.07) is 23.7. The molecule has 0 bridgehead atoms. The minimum absolute atomic E-state index is 0.0722. The van der Waals surface area contributed by atoms with Gasteiger partial charge in [-0.25, -0.2) is 0 Å². The molecule has 1 amide bonds. The zero-order valence-electron chi connectivity index (χ0n) is 13.7. The van der Waals surface area contributed by atoms with Gasteiger partial charge in [-0.2, -0.15) is 0 Å². The second kappa shape index (κ2) is 9.01. The van der Waals surface area contributed by atoms with E-state index >= 15 is 0 Å². The van der Waals surface area contributed by atoms with Crippen molar-refractivity contribution in [3.8, 4) is 0 Å². The fourth-order valence-corrected chi connectivity index (χ4v) is 3.20. The minimum atomic E-state index is -0.0722. The molecular formula is C20H19N3OS. The summed E-state index contributed by atoms with van der Waals surface area (Å²) in [5.74, 6) is -0.0722. The van der Waals surface area contributed by atoms with E-state index in [0.717, 1.165) is 21.2 Å². The van der Waals surface area contributed by atoms with E-state index in [9.17, 15) is 4.79 Å². The van der Waals surface area contributed by atoms with Crippen LogP contribution in [0.15, 0.2) is 88.8 Å². The van der Waals surface area contributed by atoms with Crippen LogP contribution in [0.5, 0.6) is 0 Å². The zero-order valence-corrected chi connectivity index (χ0v) is 14.5. The molecule has 0 radical (unpaired) electrons. The highest BCUT2D eigenvalue weighted by atomic mass is 32.2. The Hall–Kier alpha value is -2.63.